The fraction of sp³-hybridized carbons (Fsp3) is 0.533. The molecule has 0 N–H and O–H groups in total. The fourth-order valence-corrected chi connectivity index (χ4v) is 2.28. The van der Waals surface area contributed by atoms with Gasteiger partial charge in [-0.3, -0.25) is 9.48 Å². The maximum absolute atomic E-state index is 11.9. The summed E-state index contributed by atoms with van der Waals surface area (Å²) >= 11 is 0. The molecule has 0 atom stereocenters. The minimum atomic E-state index is 0.0660. The Bertz CT molecular complexity index is 511. The molecule has 1 aromatic heterocycles. The van der Waals surface area contributed by atoms with Crippen molar-refractivity contribution in [3.05, 3.63) is 35.3 Å². The summed E-state index contributed by atoms with van der Waals surface area (Å²) in [5.41, 5.74) is 5.18. The van der Waals surface area contributed by atoms with E-state index in [2.05, 4.69) is 17.0 Å². The van der Waals surface area contributed by atoms with E-state index < -0.39 is 0 Å². The van der Waals surface area contributed by atoms with Gasteiger partial charge < -0.3 is 4.90 Å². The number of carbonyl (C=O) groups is 1. The molecule has 102 valence electrons. The Kier molecular flexibility index (Phi) is 4.23. The molecule has 1 amide bonds. The maximum Gasteiger partial charge on any atom is 0.254 e. The first-order valence-corrected chi connectivity index (χ1v) is 6.76. The largest absolute Gasteiger partial charge is 0.338 e. The highest BCUT2D eigenvalue weighted by Gasteiger charge is 2.22. The van der Waals surface area contributed by atoms with Crippen LogP contribution < -0.4 is 0 Å². The van der Waals surface area contributed by atoms with E-state index in [0.29, 0.717) is 6.04 Å². The molecule has 1 aliphatic heterocycles. The topological polar surface area (TPSA) is 38.1 Å². The first kappa shape index (κ1) is 13.6. The van der Waals surface area contributed by atoms with Crippen LogP contribution in [0.5, 0.6) is 0 Å². The number of hydrogen-bond donors (Lipinski definition) is 0. The van der Waals surface area contributed by atoms with Crippen molar-refractivity contribution in [3.8, 4) is 0 Å². The highest BCUT2D eigenvalue weighted by atomic mass is 16.2. The quantitative estimate of drug-likeness (QED) is 0.604. The Morgan fingerprint density at radius 3 is 2.63 bits per heavy atom. The lowest BCUT2D eigenvalue weighted by molar-refractivity contribution is -0.127. The van der Waals surface area contributed by atoms with E-state index in [4.69, 9.17) is 0 Å². The summed E-state index contributed by atoms with van der Waals surface area (Å²) in [5.74, 6) is 0.0660. The van der Waals surface area contributed by atoms with Gasteiger partial charge in [0.15, 0.2) is 0 Å². The van der Waals surface area contributed by atoms with Gasteiger partial charge in [-0.2, -0.15) is 5.10 Å². The molecular weight excluding hydrogens is 238 g/mol. The molecule has 2 rings (SSSR count). The summed E-state index contributed by atoms with van der Waals surface area (Å²) in [6.07, 6.45) is 7.44. The van der Waals surface area contributed by atoms with Gasteiger partial charge in [0.2, 0.25) is 0 Å². The lowest BCUT2D eigenvalue weighted by atomic mass is 10.1. The average Bonchev–Trinajstić information content (AvgIpc) is 2.83. The predicted octanol–water partition coefficient (Wildman–Crippen LogP) is 2.48. The van der Waals surface area contributed by atoms with Crippen LogP contribution in [-0.2, 0) is 4.79 Å². The summed E-state index contributed by atoms with van der Waals surface area (Å²) in [4.78, 5) is 13.8. The van der Waals surface area contributed by atoms with E-state index in [-0.39, 0.29) is 5.91 Å². The van der Waals surface area contributed by atoms with E-state index in [1.165, 1.54) is 5.56 Å². The monoisotopic (exact) mass is 259 g/mol. The number of likely N-dealkylation sites (tertiary alicyclic amines) is 1. The summed E-state index contributed by atoms with van der Waals surface area (Å²) in [6, 6.07) is 0.421. The summed E-state index contributed by atoms with van der Waals surface area (Å²) in [5, 5.41) is 4.36. The van der Waals surface area contributed by atoms with Crippen molar-refractivity contribution >= 4 is 5.91 Å². The molecule has 0 spiro atoms. The normalized spacial score (nSPS) is 16.1. The Hall–Kier alpha value is -1.80. The van der Waals surface area contributed by atoms with Gasteiger partial charge in [0.05, 0.1) is 12.2 Å². The molecule has 2 heterocycles. The summed E-state index contributed by atoms with van der Waals surface area (Å²) < 4.78 is 2.03. The second-order valence-electron chi connectivity index (χ2n) is 5.34. The van der Waals surface area contributed by atoms with Gasteiger partial charge in [0, 0.05) is 25.4 Å². The molecule has 0 radical (unpaired) electrons. The third kappa shape index (κ3) is 3.58. The summed E-state index contributed by atoms with van der Waals surface area (Å²) in [6.45, 7) is 7.52. The lowest BCUT2D eigenvalue weighted by Crippen LogP contribution is -2.38. The molecule has 1 fully saturated rings. The number of aromatic nitrogens is 2. The number of hydrogen-bond acceptors (Lipinski definition) is 2. The molecule has 4 nitrogen and oxygen atoms in total. The van der Waals surface area contributed by atoms with Gasteiger partial charge in [0.1, 0.15) is 0 Å². The van der Waals surface area contributed by atoms with Crippen LogP contribution in [0.25, 0.3) is 0 Å². The minimum absolute atomic E-state index is 0.0660. The lowest BCUT2D eigenvalue weighted by Gasteiger charge is -2.31. The molecule has 4 heteroatoms. The van der Waals surface area contributed by atoms with Crippen LogP contribution in [0.15, 0.2) is 29.8 Å². The van der Waals surface area contributed by atoms with Crippen LogP contribution in [0.2, 0.25) is 0 Å². The predicted molar refractivity (Wildman–Crippen MR) is 74.8 cm³/mol. The molecule has 0 saturated carbocycles. The van der Waals surface area contributed by atoms with E-state index in [0.717, 1.165) is 31.5 Å². The van der Waals surface area contributed by atoms with Crippen molar-refractivity contribution < 1.29 is 4.79 Å². The van der Waals surface area contributed by atoms with Gasteiger partial charge in [-0.05, 0) is 44.7 Å². The zero-order chi connectivity index (χ0) is 13.8. The van der Waals surface area contributed by atoms with Crippen molar-refractivity contribution in [1.82, 2.24) is 14.7 Å². The van der Waals surface area contributed by atoms with Gasteiger partial charge in [-0.1, -0.05) is 0 Å². The molecule has 0 aliphatic carbocycles. The van der Waals surface area contributed by atoms with E-state index in [1.807, 2.05) is 36.5 Å². The maximum atomic E-state index is 11.9. The number of amides is 1. The van der Waals surface area contributed by atoms with Gasteiger partial charge in [-0.25, -0.2) is 0 Å². The highest BCUT2D eigenvalue weighted by molar-refractivity contribution is 5.87. The van der Waals surface area contributed by atoms with Crippen LogP contribution in [0.3, 0.4) is 0 Å². The molecule has 19 heavy (non-hydrogen) atoms. The van der Waals surface area contributed by atoms with Crippen molar-refractivity contribution in [2.75, 3.05) is 13.1 Å². The van der Waals surface area contributed by atoms with Gasteiger partial charge in [0.25, 0.3) is 5.91 Å². The van der Waals surface area contributed by atoms with E-state index in [9.17, 15) is 4.79 Å². The molecular formula is C15H21N3O. The minimum Gasteiger partial charge on any atom is -0.338 e. The molecule has 0 bridgehead atoms. The summed E-state index contributed by atoms with van der Waals surface area (Å²) in [7, 11) is 0. The van der Waals surface area contributed by atoms with Crippen molar-refractivity contribution in [2.24, 2.45) is 0 Å². The van der Waals surface area contributed by atoms with Gasteiger partial charge in [-0.15, -0.1) is 5.73 Å². The third-order valence-corrected chi connectivity index (χ3v) is 3.37. The van der Waals surface area contributed by atoms with E-state index in [1.54, 1.807) is 6.08 Å². The zero-order valence-corrected chi connectivity index (χ0v) is 11.9. The fourth-order valence-electron chi connectivity index (χ4n) is 2.28. The van der Waals surface area contributed by atoms with Crippen molar-refractivity contribution in [3.63, 3.8) is 0 Å². The second kappa shape index (κ2) is 5.89. The van der Waals surface area contributed by atoms with Crippen molar-refractivity contribution in [2.45, 2.75) is 39.7 Å². The highest BCUT2D eigenvalue weighted by Crippen LogP contribution is 2.22. The first-order chi connectivity index (χ1) is 9.06. The first-order valence-electron chi connectivity index (χ1n) is 6.76. The second-order valence-corrected chi connectivity index (χ2v) is 5.34. The van der Waals surface area contributed by atoms with Crippen LogP contribution in [0.1, 0.15) is 38.3 Å². The van der Waals surface area contributed by atoms with Gasteiger partial charge >= 0.3 is 0 Å². The number of piperidine rings is 1. The number of rotatable bonds is 2. The average molecular weight is 259 g/mol. The van der Waals surface area contributed by atoms with Crippen LogP contribution in [-0.4, -0.2) is 33.7 Å². The molecule has 1 aromatic rings. The number of nitrogens with zero attached hydrogens (tertiary/aromatic N) is 3. The zero-order valence-electron chi connectivity index (χ0n) is 11.9. The number of carbonyl (C=O) groups excluding carboxylic acids is 1. The molecule has 1 aliphatic rings. The SMILES string of the molecule is CC(C)=C=CC(=O)N1CCC(n2cc(C)cn2)CC1. The third-order valence-electron chi connectivity index (χ3n) is 3.37. The van der Waals surface area contributed by atoms with Crippen molar-refractivity contribution in [1.29, 1.82) is 0 Å². The molecule has 0 unspecified atom stereocenters. The number of aryl methyl sites for hydroxylation is 1. The van der Waals surface area contributed by atoms with Crippen LogP contribution in [0, 0.1) is 6.92 Å². The Morgan fingerprint density at radius 1 is 1.42 bits per heavy atom. The van der Waals surface area contributed by atoms with E-state index >= 15 is 0 Å². The Morgan fingerprint density at radius 2 is 2.11 bits per heavy atom. The molecule has 1 saturated heterocycles. The van der Waals surface area contributed by atoms with Crippen LogP contribution >= 0.6 is 0 Å². The Labute approximate surface area is 114 Å². The molecule has 0 aromatic carbocycles. The smallest absolute Gasteiger partial charge is 0.254 e. The Balaban J connectivity index is 1.92. The van der Waals surface area contributed by atoms with Crippen LogP contribution in [0.4, 0.5) is 0 Å². The standard InChI is InChI=1S/C15H21N3O/c1-12(2)4-5-15(19)17-8-6-14(7-9-17)18-11-13(3)10-16-18/h5,10-11,14H,6-9H2,1-3H3.